The van der Waals surface area contributed by atoms with E-state index in [9.17, 15) is 4.79 Å². The molecule has 0 aliphatic heterocycles. The van der Waals surface area contributed by atoms with Gasteiger partial charge in [-0.15, -0.1) is 0 Å². The predicted molar refractivity (Wildman–Crippen MR) is 89.2 cm³/mol. The van der Waals surface area contributed by atoms with Crippen LogP contribution < -0.4 is 15.4 Å². The van der Waals surface area contributed by atoms with Crippen LogP contribution >= 0.6 is 0 Å². The van der Waals surface area contributed by atoms with Crippen LogP contribution in [0.3, 0.4) is 0 Å². The van der Waals surface area contributed by atoms with E-state index in [1.165, 1.54) is 0 Å². The molecule has 2 amide bonds. The van der Waals surface area contributed by atoms with E-state index >= 15 is 0 Å². The molecule has 22 heavy (non-hydrogen) atoms. The zero-order valence-electron chi connectivity index (χ0n) is 13.2. The Balaban J connectivity index is 1.93. The normalized spacial score (nSPS) is 11.8. The van der Waals surface area contributed by atoms with Crippen molar-refractivity contribution in [1.82, 2.24) is 5.32 Å². The third-order valence-corrected chi connectivity index (χ3v) is 3.21. The molecular weight excluding hydrogens is 276 g/mol. The minimum Gasteiger partial charge on any atom is -0.471 e. The van der Waals surface area contributed by atoms with Crippen LogP contribution in [0, 0.1) is 0 Å². The Labute approximate surface area is 131 Å². The number of amides is 2. The van der Waals surface area contributed by atoms with E-state index in [-0.39, 0.29) is 6.03 Å². The highest BCUT2D eigenvalue weighted by atomic mass is 16.5. The molecule has 0 aliphatic carbocycles. The van der Waals surface area contributed by atoms with E-state index in [2.05, 4.69) is 24.5 Å². The van der Waals surface area contributed by atoms with Crippen LogP contribution in [0.5, 0.6) is 5.75 Å². The first-order valence-corrected chi connectivity index (χ1v) is 7.44. The highest BCUT2D eigenvalue weighted by molar-refractivity contribution is 5.89. The van der Waals surface area contributed by atoms with Crippen molar-refractivity contribution in [1.29, 1.82) is 0 Å². The van der Waals surface area contributed by atoms with Crippen molar-refractivity contribution in [2.45, 2.75) is 32.9 Å². The summed E-state index contributed by atoms with van der Waals surface area (Å²) >= 11 is 0. The summed E-state index contributed by atoms with van der Waals surface area (Å²) < 4.78 is 5.84. The number of nitrogens with one attached hydrogen (secondary N) is 2. The monoisotopic (exact) mass is 298 g/mol. The fraction of sp³-hybridized carbons (Fsp3) is 0.278. The standard InChI is InChI=1S/C18H22N2O2/c1-13(2)16-11-7-8-12-17(16)22-14(3)19-18(21)20-15-9-5-4-6-10-15/h4-14H,1-3H3,(H2,19,20,21). The molecule has 0 heterocycles. The van der Waals surface area contributed by atoms with Gasteiger partial charge in [0.15, 0.2) is 6.23 Å². The van der Waals surface area contributed by atoms with E-state index in [1.807, 2.05) is 61.5 Å². The first-order chi connectivity index (χ1) is 10.6. The van der Waals surface area contributed by atoms with Gasteiger partial charge in [0.1, 0.15) is 5.75 Å². The molecule has 0 radical (unpaired) electrons. The second-order valence-electron chi connectivity index (χ2n) is 5.42. The van der Waals surface area contributed by atoms with Gasteiger partial charge in [0.25, 0.3) is 0 Å². The van der Waals surface area contributed by atoms with E-state index in [0.29, 0.717) is 5.92 Å². The van der Waals surface area contributed by atoms with Gasteiger partial charge in [0.2, 0.25) is 0 Å². The van der Waals surface area contributed by atoms with Crippen LogP contribution in [0.1, 0.15) is 32.3 Å². The number of ether oxygens (including phenoxy) is 1. The summed E-state index contributed by atoms with van der Waals surface area (Å²) in [6.45, 7) is 6.03. The van der Waals surface area contributed by atoms with Gasteiger partial charge in [-0.25, -0.2) is 4.79 Å². The second-order valence-corrected chi connectivity index (χ2v) is 5.42. The Morgan fingerprint density at radius 1 is 0.955 bits per heavy atom. The molecule has 0 saturated carbocycles. The molecular formula is C18H22N2O2. The van der Waals surface area contributed by atoms with Crippen LogP contribution in [0.4, 0.5) is 10.5 Å². The highest BCUT2D eigenvalue weighted by Crippen LogP contribution is 2.26. The number of para-hydroxylation sites is 2. The fourth-order valence-electron chi connectivity index (χ4n) is 2.16. The molecule has 1 atom stereocenters. The molecule has 116 valence electrons. The maximum absolute atomic E-state index is 11.9. The molecule has 4 nitrogen and oxygen atoms in total. The molecule has 0 saturated heterocycles. The molecule has 4 heteroatoms. The number of benzene rings is 2. The van der Waals surface area contributed by atoms with Crippen LogP contribution in [0.2, 0.25) is 0 Å². The summed E-state index contributed by atoms with van der Waals surface area (Å²) in [5.74, 6) is 1.16. The third kappa shape index (κ3) is 4.52. The van der Waals surface area contributed by atoms with Crippen molar-refractivity contribution in [3.63, 3.8) is 0 Å². The van der Waals surface area contributed by atoms with Crippen LogP contribution in [-0.4, -0.2) is 12.3 Å². The Morgan fingerprint density at radius 3 is 2.27 bits per heavy atom. The number of hydrogen-bond donors (Lipinski definition) is 2. The van der Waals surface area contributed by atoms with E-state index in [4.69, 9.17) is 4.74 Å². The summed E-state index contributed by atoms with van der Waals surface area (Å²) in [5.41, 5.74) is 1.87. The van der Waals surface area contributed by atoms with E-state index in [1.54, 1.807) is 0 Å². The lowest BCUT2D eigenvalue weighted by atomic mass is 10.0. The first kappa shape index (κ1) is 15.9. The average molecular weight is 298 g/mol. The third-order valence-electron chi connectivity index (χ3n) is 3.21. The molecule has 1 unspecified atom stereocenters. The Hall–Kier alpha value is -2.49. The summed E-state index contributed by atoms with van der Waals surface area (Å²) in [4.78, 5) is 11.9. The Kier molecular flexibility index (Phi) is 5.42. The molecule has 0 fully saturated rings. The maximum Gasteiger partial charge on any atom is 0.322 e. The van der Waals surface area contributed by atoms with Crippen LogP contribution in [-0.2, 0) is 0 Å². The lowest BCUT2D eigenvalue weighted by Crippen LogP contribution is -2.39. The number of carbonyl (C=O) groups excluding carboxylic acids is 1. The lowest BCUT2D eigenvalue weighted by Gasteiger charge is -2.20. The summed E-state index contributed by atoms with van der Waals surface area (Å²) in [6, 6.07) is 16.9. The smallest absolute Gasteiger partial charge is 0.322 e. The molecule has 0 bridgehead atoms. The van der Waals surface area contributed by atoms with E-state index in [0.717, 1.165) is 17.0 Å². The van der Waals surface area contributed by atoms with Crippen LogP contribution in [0.15, 0.2) is 54.6 Å². The van der Waals surface area contributed by atoms with Gasteiger partial charge in [0.05, 0.1) is 0 Å². The predicted octanol–water partition coefficient (Wildman–Crippen LogP) is 4.36. The summed E-state index contributed by atoms with van der Waals surface area (Å²) in [5, 5.41) is 5.54. The fourth-order valence-corrected chi connectivity index (χ4v) is 2.16. The first-order valence-electron chi connectivity index (χ1n) is 7.44. The second kappa shape index (κ2) is 7.50. The lowest BCUT2D eigenvalue weighted by molar-refractivity contribution is 0.181. The summed E-state index contributed by atoms with van der Waals surface area (Å²) in [7, 11) is 0. The average Bonchev–Trinajstić information content (AvgIpc) is 2.48. The van der Waals surface area contributed by atoms with Gasteiger partial charge in [-0.1, -0.05) is 50.2 Å². The number of hydrogen-bond acceptors (Lipinski definition) is 2. The topological polar surface area (TPSA) is 50.4 Å². The number of carbonyl (C=O) groups is 1. The molecule has 2 rings (SSSR count). The van der Waals surface area contributed by atoms with E-state index < -0.39 is 6.23 Å². The summed E-state index contributed by atoms with van der Waals surface area (Å²) in [6.07, 6.45) is -0.427. The Bertz CT molecular complexity index is 611. The molecule has 2 aromatic carbocycles. The van der Waals surface area contributed by atoms with Gasteiger partial charge in [-0.05, 0) is 36.6 Å². The minimum absolute atomic E-state index is 0.291. The quantitative estimate of drug-likeness (QED) is 0.806. The number of urea groups is 1. The SMILES string of the molecule is CC(NC(=O)Nc1ccccc1)Oc1ccccc1C(C)C. The zero-order chi connectivity index (χ0) is 15.9. The van der Waals surface area contributed by atoms with Gasteiger partial charge in [0, 0.05) is 5.69 Å². The van der Waals surface area contributed by atoms with Crippen molar-refractivity contribution < 1.29 is 9.53 Å². The number of rotatable bonds is 5. The van der Waals surface area contributed by atoms with Crippen molar-refractivity contribution in [2.75, 3.05) is 5.32 Å². The highest BCUT2D eigenvalue weighted by Gasteiger charge is 2.12. The Morgan fingerprint density at radius 2 is 1.59 bits per heavy atom. The minimum atomic E-state index is -0.427. The van der Waals surface area contributed by atoms with Gasteiger partial charge < -0.3 is 15.4 Å². The molecule has 2 aromatic rings. The van der Waals surface area contributed by atoms with Crippen molar-refractivity contribution >= 4 is 11.7 Å². The van der Waals surface area contributed by atoms with Crippen molar-refractivity contribution in [3.8, 4) is 5.75 Å². The number of anilines is 1. The van der Waals surface area contributed by atoms with Crippen LogP contribution in [0.25, 0.3) is 0 Å². The molecule has 0 aliphatic rings. The van der Waals surface area contributed by atoms with Crippen molar-refractivity contribution in [3.05, 3.63) is 60.2 Å². The van der Waals surface area contributed by atoms with Gasteiger partial charge in [-0.3, -0.25) is 0 Å². The largest absolute Gasteiger partial charge is 0.471 e. The molecule has 0 aromatic heterocycles. The van der Waals surface area contributed by atoms with Crippen molar-refractivity contribution in [2.24, 2.45) is 0 Å². The zero-order valence-corrected chi connectivity index (χ0v) is 13.2. The van der Waals surface area contributed by atoms with Gasteiger partial charge in [-0.2, -0.15) is 0 Å². The molecule has 0 spiro atoms. The van der Waals surface area contributed by atoms with Gasteiger partial charge >= 0.3 is 6.03 Å². The molecule has 2 N–H and O–H groups in total. The maximum atomic E-state index is 11.9.